The summed E-state index contributed by atoms with van der Waals surface area (Å²) in [7, 11) is 1.73. The fourth-order valence-electron chi connectivity index (χ4n) is 7.56. The lowest BCUT2D eigenvalue weighted by Gasteiger charge is -2.50. The van der Waals surface area contributed by atoms with Gasteiger partial charge in [0.25, 0.3) is 0 Å². The van der Waals surface area contributed by atoms with Crippen LogP contribution >= 0.6 is 23.2 Å². The minimum Gasteiger partial charge on any atom is -0.497 e. The number of ether oxygens (including phenoxy) is 2. The zero-order chi connectivity index (χ0) is 26.9. The summed E-state index contributed by atoms with van der Waals surface area (Å²) in [4.78, 5) is 25.4. The van der Waals surface area contributed by atoms with E-state index >= 15 is 0 Å². The molecule has 2 fully saturated rings. The van der Waals surface area contributed by atoms with Gasteiger partial charge in [0.15, 0.2) is 0 Å². The third-order valence-electron chi connectivity index (χ3n) is 9.40. The second kappa shape index (κ2) is 11.5. The van der Waals surface area contributed by atoms with Crippen molar-refractivity contribution in [3.63, 3.8) is 0 Å². The maximum Gasteiger partial charge on any atom is 0.407 e. The van der Waals surface area contributed by atoms with E-state index in [9.17, 15) is 9.59 Å². The highest BCUT2D eigenvalue weighted by Crippen LogP contribution is 2.62. The van der Waals surface area contributed by atoms with Crippen molar-refractivity contribution < 1.29 is 19.1 Å². The molecule has 0 aromatic heterocycles. The van der Waals surface area contributed by atoms with Gasteiger partial charge in [-0.2, -0.15) is 0 Å². The fraction of sp³-hybridized carbons (Fsp3) is 0.548. The normalized spacial score (nSPS) is 27.7. The predicted molar refractivity (Wildman–Crippen MR) is 150 cm³/mol. The van der Waals surface area contributed by atoms with Crippen LogP contribution in [0.2, 0.25) is 10.0 Å². The molecule has 0 aliphatic heterocycles. The lowest BCUT2D eigenvalue weighted by Crippen LogP contribution is -2.44. The van der Waals surface area contributed by atoms with Gasteiger partial charge in [-0.3, -0.25) is 4.79 Å². The van der Waals surface area contributed by atoms with Crippen molar-refractivity contribution in [3.05, 3.63) is 63.1 Å². The van der Waals surface area contributed by atoms with E-state index in [2.05, 4.69) is 30.4 Å². The van der Waals surface area contributed by atoms with Crippen molar-refractivity contribution in [2.45, 2.75) is 70.8 Å². The minimum absolute atomic E-state index is 0.184. The van der Waals surface area contributed by atoms with Gasteiger partial charge in [-0.1, -0.05) is 42.3 Å². The number of rotatable bonds is 8. The van der Waals surface area contributed by atoms with Crippen LogP contribution in [0.5, 0.6) is 5.75 Å². The largest absolute Gasteiger partial charge is 0.497 e. The number of fused-ring (bicyclic) bond motifs is 5. The van der Waals surface area contributed by atoms with Gasteiger partial charge in [0.05, 0.1) is 23.8 Å². The molecular formula is C31H37Cl2NO4. The lowest BCUT2D eigenvalue weighted by molar-refractivity contribution is -0.129. The summed E-state index contributed by atoms with van der Waals surface area (Å²) < 4.78 is 10.9. The first kappa shape index (κ1) is 27.3. The summed E-state index contributed by atoms with van der Waals surface area (Å²) in [5.41, 5.74) is 3.57. The Morgan fingerprint density at radius 1 is 1.11 bits per heavy atom. The van der Waals surface area contributed by atoms with Gasteiger partial charge in [-0.05, 0) is 110 Å². The molecule has 0 heterocycles. The molecule has 5 unspecified atom stereocenters. The smallest absolute Gasteiger partial charge is 0.407 e. The van der Waals surface area contributed by atoms with Gasteiger partial charge in [0, 0.05) is 18.4 Å². The molecule has 1 amide bonds. The van der Waals surface area contributed by atoms with Crippen LogP contribution in [0, 0.1) is 23.2 Å². The highest BCUT2D eigenvalue weighted by atomic mass is 35.5. The van der Waals surface area contributed by atoms with Crippen LogP contribution < -0.4 is 10.1 Å². The highest BCUT2D eigenvalue weighted by Gasteiger charge is 2.58. The summed E-state index contributed by atoms with van der Waals surface area (Å²) in [6, 6.07) is 11.8. The van der Waals surface area contributed by atoms with Crippen LogP contribution in [0.4, 0.5) is 4.79 Å². The molecule has 1 N–H and O–H groups in total. The number of carbonyl (C=O) groups is 2. The van der Waals surface area contributed by atoms with Crippen LogP contribution in [0.25, 0.3) is 0 Å². The van der Waals surface area contributed by atoms with Crippen LogP contribution in [0.1, 0.15) is 74.5 Å². The average Bonchev–Trinajstić information content (AvgIpc) is 3.18. The summed E-state index contributed by atoms with van der Waals surface area (Å²) in [5.74, 6) is 3.36. The zero-order valence-corrected chi connectivity index (χ0v) is 23.7. The molecule has 0 bridgehead atoms. The number of unbranched alkanes of at least 4 members (excludes halogenated alkanes) is 1. The van der Waals surface area contributed by atoms with Gasteiger partial charge in [0.2, 0.25) is 0 Å². The molecule has 2 aromatic rings. The quantitative estimate of drug-likeness (QED) is 0.337. The number of methoxy groups -OCH3 is 1. The Morgan fingerprint density at radius 3 is 2.74 bits per heavy atom. The second-order valence-electron chi connectivity index (χ2n) is 11.5. The monoisotopic (exact) mass is 557 g/mol. The Bertz CT molecular complexity index is 1200. The van der Waals surface area contributed by atoms with Gasteiger partial charge >= 0.3 is 6.09 Å². The fourth-order valence-corrected chi connectivity index (χ4v) is 7.88. The molecular weight excluding hydrogens is 521 g/mol. The average molecular weight is 559 g/mol. The van der Waals surface area contributed by atoms with Crippen molar-refractivity contribution in [2.24, 2.45) is 23.2 Å². The summed E-state index contributed by atoms with van der Waals surface area (Å²) in [5, 5.41) is 3.70. The first-order chi connectivity index (χ1) is 18.3. The Labute approximate surface area is 235 Å². The van der Waals surface area contributed by atoms with E-state index in [4.69, 9.17) is 32.7 Å². The van der Waals surface area contributed by atoms with Crippen LogP contribution in [0.3, 0.4) is 0 Å². The van der Waals surface area contributed by atoms with E-state index in [0.29, 0.717) is 59.1 Å². The molecule has 7 heteroatoms. The van der Waals surface area contributed by atoms with E-state index in [1.54, 1.807) is 19.2 Å². The highest BCUT2D eigenvalue weighted by molar-refractivity contribution is 6.42. The van der Waals surface area contributed by atoms with E-state index in [0.717, 1.165) is 56.3 Å². The number of amides is 1. The molecule has 38 heavy (non-hydrogen) atoms. The Hall–Kier alpha value is -2.24. The topological polar surface area (TPSA) is 64.6 Å². The third kappa shape index (κ3) is 5.42. The SMILES string of the molecule is COc1ccc2c(c1)CCC1C2CCC2(C)C(=O)CC(CCCCOC(=O)NCc3ccc(Cl)c(Cl)c3)C12. The summed E-state index contributed by atoms with van der Waals surface area (Å²) in [6.45, 7) is 2.94. The number of ketones is 1. The van der Waals surface area contributed by atoms with Gasteiger partial charge in [-0.15, -0.1) is 0 Å². The summed E-state index contributed by atoms with van der Waals surface area (Å²) >= 11 is 12.0. The first-order valence-electron chi connectivity index (χ1n) is 13.8. The van der Waals surface area contributed by atoms with E-state index in [-0.39, 0.29) is 5.41 Å². The second-order valence-corrected chi connectivity index (χ2v) is 12.3. The van der Waals surface area contributed by atoms with E-state index in [1.807, 2.05) is 6.07 Å². The van der Waals surface area contributed by atoms with Crippen molar-refractivity contribution in [3.8, 4) is 5.75 Å². The summed E-state index contributed by atoms with van der Waals surface area (Å²) in [6.07, 6.45) is 7.32. The van der Waals surface area contributed by atoms with Gasteiger partial charge < -0.3 is 14.8 Å². The van der Waals surface area contributed by atoms with E-state index in [1.165, 1.54) is 11.1 Å². The van der Waals surface area contributed by atoms with Gasteiger partial charge in [0.1, 0.15) is 11.5 Å². The van der Waals surface area contributed by atoms with Crippen LogP contribution in [0.15, 0.2) is 36.4 Å². The number of carbonyl (C=O) groups excluding carboxylic acids is 2. The standard InChI is InChI=1S/C31H37Cl2NO4/c1-31-13-12-24-23-10-8-22(37-2)16-20(23)7-9-25(24)29(31)21(17-28(31)35)5-3-4-14-38-30(36)34-18-19-6-11-26(32)27(33)15-19/h6,8,10-11,15-16,21,24-25,29H,3-5,7,9,12-14,17-18H2,1-2H3,(H,34,36). The number of Topliss-reactive ketones (excluding diaryl/α,β-unsaturated/α-hetero) is 1. The molecule has 5 atom stereocenters. The van der Waals surface area contributed by atoms with Crippen molar-refractivity contribution >= 4 is 35.1 Å². The molecule has 3 aliphatic carbocycles. The van der Waals surface area contributed by atoms with Crippen LogP contribution in [-0.2, 0) is 22.5 Å². The maximum atomic E-state index is 13.2. The lowest BCUT2D eigenvalue weighted by atomic mass is 9.54. The molecule has 5 nitrogen and oxygen atoms in total. The molecule has 2 aromatic carbocycles. The first-order valence-corrected chi connectivity index (χ1v) is 14.6. The maximum absolute atomic E-state index is 13.2. The number of nitrogens with one attached hydrogen (secondary N) is 1. The molecule has 204 valence electrons. The Morgan fingerprint density at radius 2 is 1.95 bits per heavy atom. The predicted octanol–water partition coefficient (Wildman–Crippen LogP) is 7.75. The number of alkyl carbamates (subject to hydrolysis) is 1. The number of benzene rings is 2. The number of hydrogen-bond donors (Lipinski definition) is 1. The molecule has 0 radical (unpaired) electrons. The van der Waals surface area contributed by atoms with Crippen molar-refractivity contribution in [1.82, 2.24) is 5.32 Å². The van der Waals surface area contributed by atoms with E-state index < -0.39 is 6.09 Å². The van der Waals surface area contributed by atoms with Gasteiger partial charge in [-0.25, -0.2) is 4.79 Å². The third-order valence-corrected chi connectivity index (χ3v) is 10.1. The molecule has 0 spiro atoms. The molecule has 3 aliphatic rings. The molecule has 5 rings (SSSR count). The number of halogens is 2. The van der Waals surface area contributed by atoms with Crippen molar-refractivity contribution in [2.75, 3.05) is 13.7 Å². The molecule has 0 saturated heterocycles. The molecule has 2 saturated carbocycles. The zero-order valence-electron chi connectivity index (χ0n) is 22.2. The Balaban J connectivity index is 1.12. The van der Waals surface area contributed by atoms with Crippen LogP contribution in [-0.4, -0.2) is 25.6 Å². The minimum atomic E-state index is -0.438. The number of hydrogen-bond acceptors (Lipinski definition) is 4. The number of aryl methyl sites for hydroxylation is 1. The Kier molecular flexibility index (Phi) is 8.25. The van der Waals surface area contributed by atoms with Crippen molar-refractivity contribution in [1.29, 1.82) is 0 Å².